The first-order valence-corrected chi connectivity index (χ1v) is 6.56. The van der Waals surface area contributed by atoms with E-state index in [2.05, 4.69) is 41.6 Å². The maximum Gasteiger partial charge on any atom is 0.0853 e. The summed E-state index contributed by atoms with van der Waals surface area (Å²) in [7, 11) is 3.66. The van der Waals surface area contributed by atoms with E-state index in [0.29, 0.717) is 6.61 Å². The normalized spacial score (nSPS) is 10.7. The largest absolute Gasteiger partial charge is 0.380 e. The summed E-state index contributed by atoms with van der Waals surface area (Å²) in [6, 6.07) is 8.43. The molecule has 0 amide bonds. The second kappa shape index (κ2) is 6.38. The summed E-state index contributed by atoms with van der Waals surface area (Å²) in [6.45, 7) is 3.57. The summed E-state index contributed by atoms with van der Waals surface area (Å²) in [5, 5.41) is 7.87. The van der Waals surface area contributed by atoms with Crippen LogP contribution in [0.25, 0.3) is 0 Å². The van der Waals surface area contributed by atoms with Crippen LogP contribution in [0.3, 0.4) is 0 Å². The molecule has 1 aromatic heterocycles. The number of aromatic nitrogens is 2. The molecule has 102 valence electrons. The summed E-state index contributed by atoms with van der Waals surface area (Å²) in [5.41, 5.74) is 4.67. The summed E-state index contributed by atoms with van der Waals surface area (Å²) >= 11 is 0. The smallest absolute Gasteiger partial charge is 0.0853 e. The molecule has 0 saturated heterocycles. The van der Waals surface area contributed by atoms with Crippen molar-refractivity contribution in [2.24, 2.45) is 7.05 Å². The van der Waals surface area contributed by atoms with Gasteiger partial charge in [0, 0.05) is 26.9 Å². The highest BCUT2D eigenvalue weighted by Crippen LogP contribution is 2.15. The van der Waals surface area contributed by atoms with Gasteiger partial charge in [0.1, 0.15) is 0 Å². The van der Waals surface area contributed by atoms with Crippen LogP contribution in [0, 0.1) is 0 Å². The van der Waals surface area contributed by atoms with Crippen LogP contribution >= 0.6 is 0 Å². The fraction of sp³-hybridized carbons (Fsp3) is 0.400. The van der Waals surface area contributed by atoms with Gasteiger partial charge in [0.05, 0.1) is 18.0 Å². The third kappa shape index (κ3) is 3.58. The predicted octanol–water partition coefficient (Wildman–Crippen LogP) is 2.74. The maximum absolute atomic E-state index is 5.15. The van der Waals surface area contributed by atoms with Crippen LogP contribution < -0.4 is 5.32 Å². The zero-order valence-electron chi connectivity index (χ0n) is 11.8. The van der Waals surface area contributed by atoms with Crippen molar-refractivity contribution in [2.75, 3.05) is 12.4 Å². The highest BCUT2D eigenvalue weighted by atomic mass is 16.5. The molecule has 2 rings (SSSR count). The van der Waals surface area contributed by atoms with Gasteiger partial charge < -0.3 is 10.1 Å². The first-order chi connectivity index (χ1) is 9.22. The first kappa shape index (κ1) is 13.6. The van der Waals surface area contributed by atoms with Gasteiger partial charge in [-0.25, -0.2) is 0 Å². The fourth-order valence-electron chi connectivity index (χ4n) is 2.14. The highest BCUT2D eigenvalue weighted by Gasteiger charge is 2.05. The molecule has 4 heteroatoms. The molecule has 1 aromatic carbocycles. The Morgan fingerprint density at radius 3 is 2.84 bits per heavy atom. The Morgan fingerprint density at radius 2 is 2.11 bits per heavy atom. The number of ether oxygens (including phenoxy) is 1. The van der Waals surface area contributed by atoms with Crippen molar-refractivity contribution in [3.8, 4) is 0 Å². The van der Waals surface area contributed by atoms with E-state index in [1.165, 1.54) is 11.1 Å². The maximum atomic E-state index is 5.15. The lowest BCUT2D eigenvalue weighted by Gasteiger charge is -2.07. The van der Waals surface area contributed by atoms with Crippen LogP contribution in [0.15, 0.2) is 30.5 Å². The minimum atomic E-state index is 0.654. The van der Waals surface area contributed by atoms with E-state index in [0.717, 1.165) is 24.3 Å². The van der Waals surface area contributed by atoms with Gasteiger partial charge in [-0.15, -0.1) is 0 Å². The average Bonchev–Trinajstić information content (AvgIpc) is 2.78. The molecule has 0 aliphatic rings. The molecule has 1 heterocycles. The van der Waals surface area contributed by atoms with Gasteiger partial charge in [0.2, 0.25) is 0 Å². The van der Waals surface area contributed by atoms with E-state index >= 15 is 0 Å². The zero-order valence-corrected chi connectivity index (χ0v) is 11.8. The number of hydrogen-bond donors (Lipinski definition) is 1. The molecule has 4 nitrogen and oxygen atoms in total. The first-order valence-electron chi connectivity index (χ1n) is 6.56. The molecule has 0 atom stereocenters. The number of anilines is 1. The summed E-state index contributed by atoms with van der Waals surface area (Å²) in [6.07, 6.45) is 2.96. The van der Waals surface area contributed by atoms with E-state index in [1.807, 2.05) is 17.9 Å². The Hall–Kier alpha value is -1.81. The summed E-state index contributed by atoms with van der Waals surface area (Å²) in [5.74, 6) is 0. The molecule has 0 aliphatic heterocycles. The molecule has 0 aliphatic carbocycles. The van der Waals surface area contributed by atoms with Gasteiger partial charge >= 0.3 is 0 Å². The average molecular weight is 259 g/mol. The van der Waals surface area contributed by atoms with Crippen LogP contribution in [0.4, 0.5) is 5.69 Å². The number of aryl methyl sites for hydroxylation is 2. The van der Waals surface area contributed by atoms with E-state index in [9.17, 15) is 0 Å². The van der Waals surface area contributed by atoms with Crippen LogP contribution in [0.2, 0.25) is 0 Å². The van der Waals surface area contributed by atoms with Crippen LogP contribution in [0.5, 0.6) is 0 Å². The molecular formula is C15H21N3O. The quantitative estimate of drug-likeness (QED) is 0.867. The molecule has 2 aromatic rings. The van der Waals surface area contributed by atoms with Crippen LogP contribution in [-0.4, -0.2) is 16.9 Å². The molecule has 0 spiro atoms. The Balaban J connectivity index is 2.03. The standard InChI is InChI=1S/C15H21N3O/c1-4-14-15(10-18(2)17-14)16-9-12-6-5-7-13(8-12)11-19-3/h5-8,10,16H,4,9,11H2,1-3H3. The van der Waals surface area contributed by atoms with Gasteiger partial charge in [0.25, 0.3) is 0 Å². The number of benzene rings is 1. The SMILES string of the molecule is CCc1nn(C)cc1NCc1cccc(COC)c1. The summed E-state index contributed by atoms with van der Waals surface area (Å²) in [4.78, 5) is 0. The van der Waals surface area contributed by atoms with Crippen LogP contribution in [0.1, 0.15) is 23.7 Å². The third-order valence-electron chi connectivity index (χ3n) is 3.03. The lowest BCUT2D eigenvalue weighted by molar-refractivity contribution is 0.185. The molecule has 0 saturated carbocycles. The van der Waals surface area contributed by atoms with Gasteiger partial charge in [0.15, 0.2) is 0 Å². The molecule has 0 bridgehead atoms. The number of nitrogens with zero attached hydrogens (tertiary/aromatic N) is 2. The predicted molar refractivity (Wildman–Crippen MR) is 77.1 cm³/mol. The Labute approximate surface area is 114 Å². The van der Waals surface area contributed by atoms with Gasteiger partial charge in [-0.1, -0.05) is 31.2 Å². The number of nitrogens with one attached hydrogen (secondary N) is 1. The Kier molecular flexibility index (Phi) is 4.58. The fourth-order valence-corrected chi connectivity index (χ4v) is 2.14. The van der Waals surface area contributed by atoms with Crippen molar-refractivity contribution < 1.29 is 4.74 Å². The van der Waals surface area contributed by atoms with Gasteiger partial charge in [-0.05, 0) is 17.5 Å². The number of rotatable bonds is 6. The van der Waals surface area contributed by atoms with Crippen molar-refractivity contribution in [3.63, 3.8) is 0 Å². The lowest BCUT2D eigenvalue weighted by Crippen LogP contribution is -2.01. The molecule has 19 heavy (non-hydrogen) atoms. The monoisotopic (exact) mass is 259 g/mol. The minimum absolute atomic E-state index is 0.654. The van der Waals surface area contributed by atoms with Crippen molar-refractivity contribution in [1.82, 2.24) is 9.78 Å². The van der Waals surface area contributed by atoms with Gasteiger partial charge in [-0.3, -0.25) is 4.68 Å². The van der Waals surface area contributed by atoms with Crippen molar-refractivity contribution >= 4 is 5.69 Å². The van der Waals surface area contributed by atoms with Crippen molar-refractivity contribution in [2.45, 2.75) is 26.5 Å². The topological polar surface area (TPSA) is 39.1 Å². The van der Waals surface area contributed by atoms with Crippen LogP contribution in [-0.2, 0) is 31.4 Å². The van der Waals surface area contributed by atoms with E-state index in [4.69, 9.17) is 4.74 Å². The van der Waals surface area contributed by atoms with E-state index in [-0.39, 0.29) is 0 Å². The second-order valence-corrected chi connectivity index (χ2v) is 4.62. The zero-order chi connectivity index (χ0) is 13.7. The van der Waals surface area contributed by atoms with E-state index in [1.54, 1.807) is 7.11 Å². The highest BCUT2D eigenvalue weighted by molar-refractivity contribution is 5.47. The Bertz CT molecular complexity index is 534. The molecule has 0 radical (unpaired) electrons. The van der Waals surface area contributed by atoms with Crippen molar-refractivity contribution in [1.29, 1.82) is 0 Å². The minimum Gasteiger partial charge on any atom is -0.380 e. The molecular weight excluding hydrogens is 238 g/mol. The Morgan fingerprint density at radius 1 is 1.32 bits per heavy atom. The second-order valence-electron chi connectivity index (χ2n) is 4.62. The number of hydrogen-bond acceptors (Lipinski definition) is 3. The van der Waals surface area contributed by atoms with E-state index < -0.39 is 0 Å². The summed E-state index contributed by atoms with van der Waals surface area (Å²) < 4.78 is 7.00. The van der Waals surface area contributed by atoms with Gasteiger partial charge in [-0.2, -0.15) is 5.10 Å². The molecule has 1 N–H and O–H groups in total. The molecule has 0 unspecified atom stereocenters. The molecule has 0 fully saturated rings. The van der Waals surface area contributed by atoms with Crippen molar-refractivity contribution in [3.05, 3.63) is 47.3 Å². The lowest BCUT2D eigenvalue weighted by atomic mass is 10.1. The third-order valence-corrected chi connectivity index (χ3v) is 3.03. The number of methoxy groups -OCH3 is 1.